The van der Waals surface area contributed by atoms with Gasteiger partial charge in [0.05, 0.1) is 6.61 Å². The summed E-state index contributed by atoms with van der Waals surface area (Å²) < 4.78 is 10.9. The lowest BCUT2D eigenvalue weighted by atomic mass is 10.0. The van der Waals surface area contributed by atoms with Crippen LogP contribution in [0.3, 0.4) is 0 Å². The molecule has 0 bridgehead atoms. The number of anilines is 1. The molecule has 1 fully saturated rings. The largest absolute Gasteiger partial charge is 0.493 e. The average Bonchev–Trinajstić information content (AvgIpc) is 2.47. The standard InChI is InChI=1S/C15H22N2O3/c1-3-20-13-6-4-5-12(16)14(13)15(18)17(2)11-7-9-19-10-8-11/h4-6,11H,3,7-10,16H2,1-2H3. The molecule has 2 N–H and O–H groups in total. The number of rotatable bonds is 4. The fourth-order valence-electron chi connectivity index (χ4n) is 2.47. The zero-order valence-electron chi connectivity index (χ0n) is 12.1. The molecule has 0 aromatic heterocycles. The van der Waals surface area contributed by atoms with Crippen LogP contribution in [-0.2, 0) is 4.74 Å². The summed E-state index contributed by atoms with van der Waals surface area (Å²) >= 11 is 0. The van der Waals surface area contributed by atoms with Crippen molar-refractivity contribution in [3.63, 3.8) is 0 Å². The maximum atomic E-state index is 12.7. The van der Waals surface area contributed by atoms with E-state index in [0.717, 1.165) is 12.8 Å². The lowest BCUT2D eigenvalue weighted by Gasteiger charge is -2.31. The predicted molar refractivity (Wildman–Crippen MR) is 78.0 cm³/mol. The van der Waals surface area contributed by atoms with E-state index in [-0.39, 0.29) is 11.9 Å². The van der Waals surface area contributed by atoms with E-state index < -0.39 is 0 Å². The minimum atomic E-state index is -0.0848. The Kier molecular flexibility index (Phi) is 4.84. The number of carbonyl (C=O) groups is 1. The van der Waals surface area contributed by atoms with E-state index in [2.05, 4.69) is 0 Å². The van der Waals surface area contributed by atoms with E-state index in [0.29, 0.717) is 36.8 Å². The molecule has 110 valence electrons. The number of ether oxygens (including phenoxy) is 2. The first-order valence-electron chi connectivity index (χ1n) is 7.01. The quantitative estimate of drug-likeness (QED) is 0.855. The lowest BCUT2D eigenvalue weighted by Crippen LogP contribution is -2.41. The van der Waals surface area contributed by atoms with Crippen molar-refractivity contribution in [2.45, 2.75) is 25.8 Å². The zero-order valence-corrected chi connectivity index (χ0v) is 12.1. The number of hydrogen-bond acceptors (Lipinski definition) is 4. The molecule has 5 nitrogen and oxygen atoms in total. The Morgan fingerprint density at radius 2 is 2.15 bits per heavy atom. The number of benzene rings is 1. The third-order valence-corrected chi connectivity index (χ3v) is 3.63. The van der Waals surface area contributed by atoms with Crippen LogP contribution in [0, 0.1) is 0 Å². The SMILES string of the molecule is CCOc1cccc(N)c1C(=O)N(C)C1CCOCC1. The van der Waals surface area contributed by atoms with Gasteiger partial charge < -0.3 is 20.1 Å². The van der Waals surface area contributed by atoms with E-state index in [1.807, 2.05) is 14.0 Å². The minimum absolute atomic E-state index is 0.0848. The van der Waals surface area contributed by atoms with Crippen LogP contribution < -0.4 is 10.5 Å². The first kappa shape index (κ1) is 14.7. The number of nitrogens with zero attached hydrogens (tertiary/aromatic N) is 1. The van der Waals surface area contributed by atoms with Gasteiger partial charge in [-0.15, -0.1) is 0 Å². The van der Waals surface area contributed by atoms with Crippen LogP contribution in [0.15, 0.2) is 18.2 Å². The molecule has 1 aromatic carbocycles. The van der Waals surface area contributed by atoms with Gasteiger partial charge in [-0.05, 0) is 31.9 Å². The van der Waals surface area contributed by atoms with Crippen LogP contribution in [0.5, 0.6) is 5.75 Å². The highest BCUT2D eigenvalue weighted by atomic mass is 16.5. The first-order chi connectivity index (χ1) is 9.65. The Morgan fingerprint density at radius 1 is 1.45 bits per heavy atom. The van der Waals surface area contributed by atoms with E-state index >= 15 is 0 Å². The van der Waals surface area contributed by atoms with Gasteiger partial charge in [-0.3, -0.25) is 4.79 Å². The molecule has 20 heavy (non-hydrogen) atoms. The second-order valence-corrected chi connectivity index (χ2v) is 4.91. The molecule has 1 saturated heterocycles. The molecular formula is C15H22N2O3. The fraction of sp³-hybridized carbons (Fsp3) is 0.533. The Balaban J connectivity index is 2.23. The second kappa shape index (κ2) is 6.61. The monoisotopic (exact) mass is 278 g/mol. The number of amides is 1. The Bertz CT molecular complexity index is 470. The Labute approximate surface area is 119 Å². The predicted octanol–water partition coefficient (Wildman–Crippen LogP) is 1.92. The normalized spacial score (nSPS) is 15.9. The van der Waals surface area contributed by atoms with Gasteiger partial charge >= 0.3 is 0 Å². The maximum absolute atomic E-state index is 12.7. The van der Waals surface area contributed by atoms with Crippen molar-refractivity contribution in [2.75, 3.05) is 32.6 Å². The van der Waals surface area contributed by atoms with E-state index in [1.165, 1.54) is 0 Å². The van der Waals surface area contributed by atoms with E-state index in [4.69, 9.17) is 15.2 Å². The minimum Gasteiger partial charge on any atom is -0.493 e. The molecule has 1 amide bonds. The molecule has 0 saturated carbocycles. The third-order valence-electron chi connectivity index (χ3n) is 3.63. The van der Waals surface area contributed by atoms with Gasteiger partial charge in [0.2, 0.25) is 0 Å². The maximum Gasteiger partial charge on any atom is 0.259 e. The van der Waals surface area contributed by atoms with E-state index in [9.17, 15) is 4.79 Å². The van der Waals surface area contributed by atoms with E-state index in [1.54, 1.807) is 23.1 Å². The molecular weight excluding hydrogens is 256 g/mol. The van der Waals surface area contributed by atoms with Crippen LogP contribution in [0.4, 0.5) is 5.69 Å². The highest BCUT2D eigenvalue weighted by molar-refractivity contribution is 6.01. The molecule has 5 heteroatoms. The van der Waals surface area contributed by atoms with Gasteiger partial charge in [-0.1, -0.05) is 6.07 Å². The molecule has 2 rings (SSSR count). The first-order valence-corrected chi connectivity index (χ1v) is 7.01. The van der Waals surface area contributed by atoms with Gasteiger partial charge in [0.25, 0.3) is 5.91 Å². The molecule has 1 heterocycles. The molecule has 0 unspecified atom stereocenters. The van der Waals surface area contributed by atoms with Crippen LogP contribution in [0.1, 0.15) is 30.1 Å². The van der Waals surface area contributed by atoms with Gasteiger partial charge in [0.15, 0.2) is 0 Å². The third kappa shape index (κ3) is 3.04. The Hall–Kier alpha value is -1.75. The highest BCUT2D eigenvalue weighted by Crippen LogP contribution is 2.27. The number of hydrogen-bond donors (Lipinski definition) is 1. The van der Waals surface area contributed by atoms with Crippen molar-refractivity contribution in [1.29, 1.82) is 0 Å². The fourth-order valence-corrected chi connectivity index (χ4v) is 2.47. The van der Waals surface area contributed by atoms with Crippen LogP contribution in [0.25, 0.3) is 0 Å². The summed E-state index contributed by atoms with van der Waals surface area (Å²) in [6.07, 6.45) is 1.72. The van der Waals surface area contributed by atoms with Crippen molar-refractivity contribution in [1.82, 2.24) is 4.90 Å². The highest BCUT2D eigenvalue weighted by Gasteiger charge is 2.26. The lowest BCUT2D eigenvalue weighted by molar-refractivity contribution is 0.0361. The molecule has 1 aromatic rings. The number of carbonyl (C=O) groups excluding carboxylic acids is 1. The topological polar surface area (TPSA) is 64.8 Å². The molecule has 0 radical (unpaired) electrons. The molecule has 0 atom stereocenters. The summed E-state index contributed by atoms with van der Waals surface area (Å²) in [4.78, 5) is 14.4. The van der Waals surface area contributed by atoms with Crippen molar-refractivity contribution >= 4 is 11.6 Å². The summed E-state index contributed by atoms with van der Waals surface area (Å²) in [7, 11) is 1.82. The molecule has 1 aliphatic heterocycles. The van der Waals surface area contributed by atoms with Crippen LogP contribution in [-0.4, -0.2) is 43.7 Å². The molecule has 0 spiro atoms. The molecule has 0 aliphatic carbocycles. The van der Waals surface area contributed by atoms with Crippen molar-refractivity contribution < 1.29 is 14.3 Å². The number of nitrogen functional groups attached to an aromatic ring is 1. The average molecular weight is 278 g/mol. The van der Waals surface area contributed by atoms with Crippen molar-refractivity contribution in [3.8, 4) is 5.75 Å². The van der Waals surface area contributed by atoms with Crippen LogP contribution in [0.2, 0.25) is 0 Å². The summed E-state index contributed by atoms with van der Waals surface area (Å²) in [5, 5.41) is 0. The number of nitrogens with two attached hydrogens (primary N) is 1. The summed E-state index contributed by atoms with van der Waals surface area (Å²) in [6, 6.07) is 5.51. The summed E-state index contributed by atoms with van der Waals surface area (Å²) in [6.45, 7) is 3.79. The summed E-state index contributed by atoms with van der Waals surface area (Å²) in [5.74, 6) is 0.467. The van der Waals surface area contributed by atoms with Crippen molar-refractivity contribution in [2.24, 2.45) is 0 Å². The second-order valence-electron chi connectivity index (χ2n) is 4.91. The van der Waals surface area contributed by atoms with Gasteiger partial charge in [0.1, 0.15) is 11.3 Å². The summed E-state index contributed by atoms with van der Waals surface area (Å²) in [5.41, 5.74) is 6.89. The van der Waals surface area contributed by atoms with Gasteiger partial charge in [0, 0.05) is 32.0 Å². The Morgan fingerprint density at radius 3 is 2.80 bits per heavy atom. The smallest absolute Gasteiger partial charge is 0.259 e. The zero-order chi connectivity index (χ0) is 14.5. The van der Waals surface area contributed by atoms with Crippen molar-refractivity contribution in [3.05, 3.63) is 23.8 Å². The van der Waals surface area contributed by atoms with Crippen LogP contribution >= 0.6 is 0 Å². The van der Waals surface area contributed by atoms with Gasteiger partial charge in [-0.2, -0.15) is 0 Å². The van der Waals surface area contributed by atoms with Gasteiger partial charge in [-0.25, -0.2) is 0 Å². The molecule has 1 aliphatic rings.